The highest BCUT2D eigenvalue weighted by atomic mass is 16.5. The molecule has 1 atom stereocenters. The van der Waals surface area contributed by atoms with Crippen molar-refractivity contribution in [2.24, 2.45) is 0 Å². The molecule has 1 unspecified atom stereocenters. The second-order valence-corrected chi connectivity index (χ2v) is 14.0. The number of aliphatic hydroxyl groups excluding tert-OH is 2. The van der Waals surface area contributed by atoms with E-state index in [0.717, 1.165) is 18.8 Å². The molecule has 0 bridgehead atoms. The number of unbranched alkanes of at least 4 members (excludes halogenated alkanes) is 31. The second kappa shape index (κ2) is 39.6. The first-order chi connectivity index (χ1) is 22.2. The Labute approximate surface area is 282 Å². The zero-order chi connectivity index (χ0) is 32.7. The molecule has 0 aliphatic heterocycles. The largest absolute Gasteiger partial charge is 0.498 e. The molecule has 0 aromatic heterocycles. The molecule has 0 heterocycles. The zero-order valence-corrected chi connectivity index (χ0v) is 30.7. The number of hydrogen-bond acceptors (Lipinski definition) is 4. The highest BCUT2D eigenvalue weighted by Gasteiger charge is 2.02. The van der Waals surface area contributed by atoms with Crippen LogP contribution in [0.2, 0.25) is 0 Å². The van der Waals surface area contributed by atoms with Gasteiger partial charge in [-0.05, 0) is 6.42 Å². The van der Waals surface area contributed by atoms with E-state index in [9.17, 15) is 5.11 Å². The van der Waals surface area contributed by atoms with E-state index in [0.29, 0.717) is 13.0 Å². The van der Waals surface area contributed by atoms with Gasteiger partial charge in [-0.2, -0.15) is 0 Å². The van der Waals surface area contributed by atoms with Gasteiger partial charge in [0.1, 0.15) is 6.10 Å². The lowest BCUT2D eigenvalue weighted by Gasteiger charge is -2.11. The van der Waals surface area contributed by atoms with Gasteiger partial charge in [-0.3, -0.25) is 0 Å². The third kappa shape index (κ3) is 39.5. The summed E-state index contributed by atoms with van der Waals surface area (Å²) < 4.78 is 10.9. The van der Waals surface area contributed by atoms with Crippen LogP contribution in [0.15, 0.2) is 12.3 Å². The quantitative estimate of drug-likeness (QED) is 0.0518. The van der Waals surface area contributed by atoms with E-state index in [-0.39, 0.29) is 13.2 Å². The summed E-state index contributed by atoms with van der Waals surface area (Å²) in [6, 6.07) is 0. The average Bonchev–Trinajstić information content (AvgIpc) is 3.05. The second-order valence-electron chi connectivity index (χ2n) is 14.0. The summed E-state index contributed by atoms with van der Waals surface area (Å²) in [6.07, 6.45) is 45.5. The van der Waals surface area contributed by atoms with Gasteiger partial charge in [-0.25, -0.2) is 0 Å². The molecular formula is C41H82O4. The Balaban J connectivity index is 3.10. The Kier molecular flexibility index (Phi) is 39.1. The smallest absolute Gasteiger partial charge is 0.100 e. The summed E-state index contributed by atoms with van der Waals surface area (Å²) in [5, 5.41) is 18.0. The summed E-state index contributed by atoms with van der Waals surface area (Å²) in [5.41, 5.74) is 0. The van der Waals surface area contributed by atoms with Gasteiger partial charge in [-0.1, -0.05) is 213 Å². The Morgan fingerprint density at radius 3 is 1.04 bits per heavy atom. The SMILES string of the molecule is C=C(CCOCC(O)CO)OCCCCCCCCCCCCCCCCCCCCCCCCCCCCCCCCCC. The molecule has 0 aliphatic rings. The molecule has 0 saturated carbocycles. The minimum Gasteiger partial charge on any atom is -0.498 e. The lowest BCUT2D eigenvalue weighted by molar-refractivity contribution is 0.00447. The summed E-state index contributed by atoms with van der Waals surface area (Å²) in [6.45, 7) is 7.31. The maximum atomic E-state index is 9.22. The lowest BCUT2D eigenvalue weighted by atomic mass is 10.0. The van der Waals surface area contributed by atoms with Crippen LogP contribution < -0.4 is 0 Å². The van der Waals surface area contributed by atoms with Crippen LogP contribution in [0.25, 0.3) is 0 Å². The van der Waals surface area contributed by atoms with Crippen LogP contribution in [0.5, 0.6) is 0 Å². The summed E-state index contributed by atoms with van der Waals surface area (Å²) in [4.78, 5) is 0. The van der Waals surface area contributed by atoms with Crippen molar-refractivity contribution >= 4 is 0 Å². The monoisotopic (exact) mass is 639 g/mol. The first-order valence-electron chi connectivity index (χ1n) is 20.4. The normalized spacial score (nSPS) is 12.2. The summed E-state index contributed by atoms with van der Waals surface area (Å²) in [7, 11) is 0. The maximum Gasteiger partial charge on any atom is 0.100 e. The topological polar surface area (TPSA) is 58.9 Å². The molecule has 45 heavy (non-hydrogen) atoms. The zero-order valence-electron chi connectivity index (χ0n) is 30.7. The van der Waals surface area contributed by atoms with E-state index < -0.39 is 6.10 Å². The minimum atomic E-state index is -0.799. The van der Waals surface area contributed by atoms with Crippen molar-refractivity contribution in [3.63, 3.8) is 0 Å². The fourth-order valence-corrected chi connectivity index (χ4v) is 6.23. The van der Waals surface area contributed by atoms with Gasteiger partial charge in [0.05, 0.1) is 32.2 Å². The number of hydrogen-bond donors (Lipinski definition) is 2. The standard InChI is InChI=1S/C41H82O4/c1-3-4-5-6-7-8-9-10-11-12-13-14-15-16-17-18-19-20-21-22-23-24-25-26-27-28-29-30-31-32-33-34-36-45-40(2)35-37-44-39-41(43)38-42/h41-43H,2-39H2,1H3. The molecule has 0 aromatic rings. The van der Waals surface area contributed by atoms with Gasteiger partial charge in [0, 0.05) is 6.42 Å². The van der Waals surface area contributed by atoms with Gasteiger partial charge in [0.2, 0.25) is 0 Å². The van der Waals surface area contributed by atoms with Crippen molar-refractivity contribution in [3.8, 4) is 0 Å². The molecule has 0 fully saturated rings. The van der Waals surface area contributed by atoms with Crippen LogP contribution in [0.3, 0.4) is 0 Å². The Bertz CT molecular complexity index is 552. The minimum absolute atomic E-state index is 0.156. The van der Waals surface area contributed by atoms with Crippen LogP contribution in [0.1, 0.15) is 219 Å². The molecule has 4 nitrogen and oxygen atoms in total. The van der Waals surface area contributed by atoms with Gasteiger partial charge in [-0.15, -0.1) is 0 Å². The molecule has 0 radical (unpaired) electrons. The third-order valence-corrected chi connectivity index (χ3v) is 9.35. The highest BCUT2D eigenvalue weighted by molar-refractivity contribution is 4.81. The first kappa shape index (κ1) is 44.4. The summed E-state index contributed by atoms with van der Waals surface area (Å²) in [5.74, 6) is 0.745. The van der Waals surface area contributed by atoms with Crippen LogP contribution in [-0.4, -0.2) is 42.7 Å². The molecule has 0 spiro atoms. The van der Waals surface area contributed by atoms with Crippen molar-refractivity contribution in [2.45, 2.75) is 225 Å². The van der Waals surface area contributed by atoms with E-state index in [4.69, 9.17) is 14.6 Å². The van der Waals surface area contributed by atoms with Crippen molar-refractivity contribution in [3.05, 3.63) is 12.3 Å². The Morgan fingerprint density at radius 1 is 0.467 bits per heavy atom. The van der Waals surface area contributed by atoms with E-state index in [1.165, 1.54) is 199 Å². The van der Waals surface area contributed by atoms with Crippen LogP contribution in [0, 0.1) is 0 Å². The van der Waals surface area contributed by atoms with Crippen LogP contribution >= 0.6 is 0 Å². The van der Waals surface area contributed by atoms with E-state index in [1.54, 1.807) is 0 Å². The molecule has 0 saturated heterocycles. The summed E-state index contributed by atoms with van der Waals surface area (Å²) >= 11 is 0. The number of rotatable bonds is 40. The Hall–Kier alpha value is -0.580. The first-order valence-corrected chi connectivity index (χ1v) is 20.4. The molecular weight excluding hydrogens is 556 g/mol. The fraction of sp³-hybridized carbons (Fsp3) is 0.951. The molecule has 0 aromatic carbocycles. The van der Waals surface area contributed by atoms with Crippen molar-refractivity contribution in [2.75, 3.05) is 26.4 Å². The highest BCUT2D eigenvalue weighted by Crippen LogP contribution is 2.17. The molecule has 0 aliphatic carbocycles. The number of ether oxygens (including phenoxy) is 2. The van der Waals surface area contributed by atoms with Gasteiger partial charge >= 0.3 is 0 Å². The maximum absolute atomic E-state index is 9.22. The molecule has 0 rings (SSSR count). The Morgan fingerprint density at radius 2 is 0.756 bits per heavy atom. The van der Waals surface area contributed by atoms with Crippen molar-refractivity contribution in [1.82, 2.24) is 0 Å². The van der Waals surface area contributed by atoms with E-state index in [2.05, 4.69) is 13.5 Å². The van der Waals surface area contributed by atoms with Crippen LogP contribution in [0.4, 0.5) is 0 Å². The fourth-order valence-electron chi connectivity index (χ4n) is 6.23. The molecule has 270 valence electrons. The predicted octanol–water partition coefficient (Wildman–Crippen LogP) is 12.8. The van der Waals surface area contributed by atoms with E-state index >= 15 is 0 Å². The van der Waals surface area contributed by atoms with Gasteiger partial charge in [0.15, 0.2) is 0 Å². The lowest BCUT2D eigenvalue weighted by Crippen LogP contribution is -2.19. The van der Waals surface area contributed by atoms with Crippen LogP contribution in [-0.2, 0) is 9.47 Å². The average molecular weight is 639 g/mol. The van der Waals surface area contributed by atoms with E-state index in [1.807, 2.05) is 0 Å². The van der Waals surface area contributed by atoms with Crippen molar-refractivity contribution < 1.29 is 19.7 Å². The predicted molar refractivity (Wildman–Crippen MR) is 197 cm³/mol. The van der Waals surface area contributed by atoms with Gasteiger partial charge in [0.25, 0.3) is 0 Å². The number of aliphatic hydroxyl groups is 2. The molecule has 4 heteroatoms. The van der Waals surface area contributed by atoms with Gasteiger partial charge < -0.3 is 19.7 Å². The third-order valence-electron chi connectivity index (χ3n) is 9.35. The van der Waals surface area contributed by atoms with Crippen molar-refractivity contribution in [1.29, 1.82) is 0 Å². The molecule has 2 N–H and O–H groups in total. The molecule has 0 amide bonds.